The van der Waals surface area contributed by atoms with Crippen LogP contribution in [0.5, 0.6) is 0 Å². The maximum atomic E-state index is 12.4. The topological polar surface area (TPSA) is 53.3 Å². The summed E-state index contributed by atoms with van der Waals surface area (Å²) in [5.41, 5.74) is 0.789. The molecule has 1 saturated heterocycles. The fraction of sp³-hybridized carbons (Fsp3) is 0.294. The van der Waals surface area contributed by atoms with Crippen LogP contribution in [0.4, 0.5) is 0 Å². The molecular weight excluding hydrogens is 280 g/mol. The van der Waals surface area contributed by atoms with Gasteiger partial charge in [0.05, 0.1) is 19.3 Å². The van der Waals surface area contributed by atoms with Gasteiger partial charge in [0.2, 0.25) is 0 Å². The van der Waals surface area contributed by atoms with Crippen LogP contribution in [0, 0.1) is 0 Å². The van der Waals surface area contributed by atoms with Gasteiger partial charge >= 0.3 is 5.97 Å². The van der Waals surface area contributed by atoms with Gasteiger partial charge in [0, 0.05) is 6.20 Å². The summed E-state index contributed by atoms with van der Waals surface area (Å²) in [5.74, 6) is -0.413. The predicted octanol–water partition coefficient (Wildman–Crippen LogP) is 2.60. The van der Waals surface area contributed by atoms with E-state index >= 15 is 0 Å². The maximum absolute atomic E-state index is 12.4. The van der Waals surface area contributed by atoms with Crippen molar-refractivity contribution in [3.8, 4) is 0 Å². The minimum absolute atomic E-state index is 0.0592. The van der Waals surface area contributed by atoms with Crippen molar-refractivity contribution in [2.75, 3.05) is 13.2 Å². The molecule has 1 fully saturated rings. The zero-order chi connectivity index (χ0) is 15.6. The van der Waals surface area contributed by atoms with Crippen molar-refractivity contribution < 1.29 is 14.3 Å². The second-order valence-corrected chi connectivity index (χ2v) is 5.40. The molecule has 0 N–H and O–H groups in total. The Morgan fingerprint density at radius 1 is 1.41 bits per heavy atom. The Morgan fingerprint density at radius 2 is 2.14 bits per heavy atom. The highest BCUT2D eigenvalue weighted by Gasteiger charge is 2.40. The van der Waals surface area contributed by atoms with Gasteiger partial charge in [0.25, 0.3) is 0 Å². The van der Waals surface area contributed by atoms with Crippen LogP contribution in [-0.2, 0) is 9.47 Å². The van der Waals surface area contributed by atoms with E-state index in [1.165, 1.54) is 0 Å². The average Bonchev–Trinajstić information content (AvgIpc) is 3.00. The number of carbonyl (C=O) groups excluding carboxylic acids is 1. The summed E-state index contributed by atoms with van der Waals surface area (Å²) in [6, 6.07) is 11.5. The molecule has 0 aliphatic carbocycles. The predicted molar refractivity (Wildman–Crippen MR) is 81.6 cm³/mol. The zero-order valence-electron chi connectivity index (χ0n) is 12.4. The fourth-order valence-electron chi connectivity index (χ4n) is 2.42. The summed E-state index contributed by atoms with van der Waals surface area (Å²) in [6.07, 6.45) is 3.23. The average molecular weight is 298 g/mol. The van der Waals surface area contributed by atoms with Gasteiger partial charge in [-0.1, -0.05) is 36.9 Å². The molecule has 2 aromatic rings. The number of esters is 1. The molecule has 0 amide bonds. The summed E-state index contributed by atoms with van der Waals surface area (Å²) in [6.45, 7) is 6.41. The maximum Gasteiger partial charge on any atom is 0.357 e. The van der Waals surface area contributed by atoms with Crippen molar-refractivity contribution in [3.05, 3.63) is 66.5 Å². The van der Waals surface area contributed by atoms with Crippen molar-refractivity contribution >= 4 is 5.97 Å². The second kappa shape index (κ2) is 5.77. The summed E-state index contributed by atoms with van der Waals surface area (Å²) in [7, 11) is 0. The van der Waals surface area contributed by atoms with Gasteiger partial charge < -0.3 is 9.47 Å². The van der Waals surface area contributed by atoms with Crippen LogP contribution in [0.2, 0.25) is 0 Å². The van der Waals surface area contributed by atoms with Gasteiger partial charge in [0.1, 0.15) is 5.69 Å². The molecule has 0 saturated carbocycles. The van der Waals surface area contributed by atoms with E-state index in [1.807, 2.05) is 37.3 Å². The monoisotopic (exact) mass is 298 g/mol. The Kier molecular flexibility index (Phi) is 3.81. The Hall–Kier alpha value is -2.40. The van der Waals surface area contributed by atoms with Crippen molar-refractivity contribution in [3.63, 3.8) is 0 Å². The van der Waals surface area contributed by atoms with Gasteiger partial charge in [-0.25, -0.2) is 4.79 Å². The van der Waals surface area contributed by atoms with Crippen molar-refractivity contribution in [2.45, 2.75) is 18.6 Å². The summed E-state index contributed by atoms with van der Waals surface area (Å²) in [5, 5.41) is 4.27. The van der Waals surface area contributed by atoms with Crippen molar-refractivity contribution in [2.24, 2.45) is 0 Å². The van der Waals surface area contributed by atoms with E-state index in [1.54, 1.807) is 23.0 Å². The van der Waals surface area contributed by atoms with Gasteiger partial charge in [-0.3, -0.25) is 4.68 Å². The van der Waals surface area contributed by atoms with Crippen LogP contribution in [0.25, 0.3) is 0 Å². The lowest BCUT2D eigenvalue weighted by Crippen LogP contribution is -2.51. The van der Waals surface area contributed by atoms with Gasteiger partial charge in [0.15, 0.2) is 5.60 Å². The lowest BCUT2D eigenvalue weighted by atomic mass is 10.0. The van der Waals surface area contributed by atoms with E-state index in [0.717, 1.165) is 5.56 Å². The molecule has 114 valence electrons. The molecule has 3 rings (SSSR count). The van der Waals surface area contributed by atoms with Crippen LogP contribution in [0.3, 0.4) is 0 Å². The standard InChI is InChI=1S/C17H18N2O3/c1-3-17(11-21-12-17)22-16(20)15-9-10-18-19(15)13(2)14-7-5-4-6-8-14/h3-10,13H,1,11-12H2,2H3/t13-/m1/s1. The summed E-state index contributed by atoms with van der Waals surface area (Å²) < 4.78 is 12.3. The molecule has 1 aliphatic rings. The van der Waals surface area contributed by atoms with Crippen LogP contribution in [0.15, 0.2) is 55.3 Å². The number of ether oxygens (including phenoxy) is 2. The van der Waals surface area contributed by atoms with Crippen molar-refractivity contribution in [1.29, 1.82) is 0 Å². The molecule has 5 nitrogen and oxygen atoms in total. The first-order chi connectivity index (χ1) is 10.7. The first-order valence-corrected chi connectivity index (χ1v) is 7.18. The Bertz CT molecular complexity index is 674. The number of aromatic nitrogens is 2. The first-order valence-electron chi connectivity index (χ1n) is 7.18. The highest BCUT2D eigenvalue weighted by Crippen LogP contribution is 2.26. The van der Waals surface area contributed by atoms with E-state index in [-0.39, 0.29) is 6.04 Å². The van der Waals surface area contributed by atoms with Crippen LogP contribution in [0.1, 0.15) is 29.0 Å². The largest absolute Gasteiger partial charge is 0.445 e. The number of nitrogens with zero attached hydrogens (tertiary/aromatic N) is 2. The highest BCUT2D eigenvalue weighted by molar-refractivity contribution is 5.88. The molecule has 5 heteroatoms. The number of hydrogen-bond donors (Lipinski definition) is 0. The van der Waals surface area contributed by atoms with Gasteiger partial charge in [-0.05, 0) is 24.6 Å². The van der Waals surface area contributed by atoms with E-state index in [2.05, 4.69) is 11.7 Å². The second-order valence-electron chi connectivity index (χ2n) is 5.40. The lowest BCUT2D eigenvalue weighted by molar-refractivity contribution is -0.152. The van der Waals surface area contributed by atoms with E-state index in [0.29, 0.717) is 18.9 Å². The SMILES string of the molecule is C=CC1(OC(=O)c2ccnn2[C@H](C)c2ccccc2)COC1. The molecule has 1 aromatic heterocycles. The quantitative estimate of drug-likeness (QED) is 0.629. The normalized spacial score (nSPS) is 17.3. The highest BCUT2D eigenvalue weighted by atomic mass is 16.6. The summed E-state index contributed by atoms with van der Waals surface area (Å²) >= 11 is 0. The molecule has 0 unspecified atom stereocenters. The third-order valence-corrected chi connectivity index (χ3v) is 3.89. The molecule has 0 bridgehead atoms. The number of hydrogen-bond acceptors (Lipinski definition) is 4. The molecule has 22 heavy (non-hydrogen) atoms. The van der Waals surface area contributed by atoms with Crippen LogP contribution >= 0.6 is 0 Å². The molecule has 0 radical (unpaired) electrons. The Balaban J connectivity index is 1.83. The third-order valence-electron chi connectivity index (χ3n) is 3.89. The fourth-order valence-corrected chi connectivity index (χ4v) is 2.42. The van der Waals surface area contributed by atoms with Gasteiger partial charge in [-0.15, -0.1) is 0 Å². The molecular formula is C17H18N2O3. The lowest BCUT2D eigenvalue weighted by Gasteiger charge is -2.37. The van der Waals surface area contributed by atoms with Crippen LogP contribution in [-0.4, -0.2) is 34.6 Å². The first kappa shape index (κ1) is 14.5. The molecule has 1 aliphatic heterocycles. The smallest absolute Gasteiger partial charge is 0.357 e. The van der Waals surface area contributed by atoms with Crippen LogP contribution < -0.4 is 0 Å². The van der Waals surface area contributed by atoms with Gasteiger partial charge in [-0.2, -0.15) is 5.10 Å². The van der Waals surface area contributed by atoms with E-state index in [4.69, 9.17) is 9.47 Å². The molecule has 1 aromatic carbocycles. The summed E-state index contributed by atoms with van der Waals surface area (Å²) in [4.78, 5) is 12.4. The third kappa shape index (κ3) is 2.55. The minimum Gasteiger partial charge on any atom is -0.445 e. The number of benzene rings is 1. The Morgan fingerprint density at radius 3 is 2.73 bits per heavy atom. The van der Waals surface area contributed by atoms with Crippen molar-refractivity contribution in [1.82, 2.24) is 9.78 Å². The molecule has 1 atom stereocenters. The number of carbonyl (C=O) groups is 1. The zero-order valence-corrected chi connectivity index (χ0v) is 12.4. The Labute approximate surface area is 129 Å². The van der Waals surface area contributed by atoms with E-state index < -0.39 is 11.6 Å². The minimum atomic E-state index is -0.706. The molecule has 0 spiro atoms. The molecule has 2 heterocycles. The number of rotatable bonds is 5. The van der Waals surface area contributed by atoms with E-state index in [9.17, 15) is 4.79 Å².